The molecular formula is C28H29F2N5O4. The molecule has 0 saturated heterocycles. The van der Waals surface area contributed by atoms with Gasteiger partial charge in [-0.2, -0.15) is 0 Å². The zero-order valence-electron chi connectivity index (χ0n) is 21.2. The molecule has 1 aliphatic carbocycles. The van der Waals surface area contributed by atoms with E-state index in [1.165, 1.54) is 18.2 Å². The molecule has 204 valence electrons. The number of aliphatic hydroxyl groups is 2. The summed E-state index contributed by atoms with van der Waals surface area (Å²) in [6, 6.07) is 10.4. The predicted octanol–water partition coefficient (Wildman–Crippen LogP) is 2.05. The fourth-order valence-electron chi connectivity index (χ4n) is 4.52. The first-order chi connectivity index (χ1) is 18.8. The molecule has 1 saturated carbocycles. The number of para-hydroxylation sites is 1. The van der Waals surface area contributed by atoms with Crippen LogP contribution >= 0.6 is 0 Å². The molecule has 11 heteroatoms. The maximum Gasteiger partial charge on any atom is 0.256 e. The molecule has 1 atom stereocenters. The van der Waals surface area contributed by atoms with Gasteiger partial charge in [0.1, 0.15) is 23.1 Å². The van der Waals surface area contributed by atoms with Crippen LogP contribution in [0.1, 0.15) is 39.9 Å². The van der Waals surface area contributed by atoms with Gasteiger partial charge in [-0.15, -0.1) is 0 Å². The first-order valence-electron chi connectivity index (χ1n) is 12.7. The molecular weight excluding hydrogens is 508 g/mol. The molecule has 5 N–H and O–H groups in total. The topological polar surface area (TPSA) is 128 Å². The minimum atomic E-state index is -0.994. The Kier molecular flexibility index (Phi) is 7.56. The van der Waals surface area contributed by atoms with E-state index in [2.05, 4.69) is 16.0 Å². The minimum absolute atomic E-state index is 0.0617. The van der Waals surface area contributed by atoms with E-state index in [9.17, 15) is 28.6 Å². The van der Waals surface area contributed by atoms with Crippen molar-refractivity contribution in [1.82, 2.24) is 15.2 Å². The summed E-state index contributed by atoms with van der Waals surface area (Å²) in [4.78, 5) is 30.6. The monoisotopic (exact) mass is 537 g/mol. The molecule has 2 heterocycles. The van der Waals surface area contributed by atoms with Crippen LogP contribution in [0.3, 0.4) is 0 Å². The van der Waals surface area contributed by atoms with Gasteiger partial charge in [0.25, 0.3) is 11.5 Å². The number of nitrogens with one attached hydrogen (secondary N) is 3. The highest BCUT2D eigenvalue weighted by Crippen LogP contribution is 2.30. The smallest absolute Gasteiger partial charge is 0.256 e. The van der Waals surface area contributed by atoms with Gasteiger partial charge in [-0.1, -0.05) is 12.1 Å². The van der Waals surface area contributed by atoms with Crippen molar-refractivity contribution in [3.8, 4) is 5.69 Å². The second-order valence-electron chi connectivity index (χ2n) is 9.78. The summed E-state index contributed by atoms with van der Waals surface area (Å²) in [7, 11) is 0. The summed E-state index contributed by atoms with van der Waals surface area (Å²) in [6.45, 7) is 1.62. The summed E-state index contributed by atoms with van der Waals surface area (Å²) >= 11 is 0. The van der Waals surface area contributed by atoms with Crippen molar-refractivity contribution >= 4 is 17.4 Å². The van der Waals surface area contributed by atoms with Crippen molar-refractivity contribution < 1.29 is 23.8 Å². The number of rotatable bonds is 9. The Labute approximate surface area is 223 Å². The van der Waals surface area contributed by atoms with Crippen LogP contribution in [-0.2, 0) is 0 Å². The van der Waals surface area contributed by atoms with Crippen LogP contribution in [0.25, 0.3) is 5.69 Å². The van der Waals surface area contributed by atoms with Crippen LogP contribution in [0.5, 0.6) is 0 Å². The van der Waals surface area contributed by atoms with Gasteiger partial charge in [0.2, 0.25) is 0 Å². The van der Waals surface area contributed by atoms with Gasteiger partial charge in [0.15, 0.2) is 6.29 Å². The van der Waals surface area contributed by atoms with Gasteiger partial charge in [-0.25, -0.2) is 13.8 Å². The molecule has 39 heavy (non-hydrogen) atoms. The summed E-state index contributed by atoms with van der Waals surface area (Å²) in [6.07, 6.45) is 1.20. The Morgan fingerprint density at radius 2 is 1.82 bits per heavy atom. The van der Waals surface area contributed by atoms with Gasteiger partial charge in [-0.05, 0) is 61.6 Å². The Bertz CT molecular complexity index is 1480. The van der Waals surface area contributed by atoms with Gasteiger partial charge in [0, 0.05) is 29.3 Å². The average molecular weight is 538 g/mol. The molecule has 0 radical (unpaired) electrons. The molecule has 5 rings (SSSR count). The number of nitrogens with zero attached hydrogens (tertiary/aromatic N) is 2. The summed E-state index contributed by atoms with van der Waals surface area (Å²) < 4.78 is 30.7. The number of hydrogen-bond acceptors (Lipinski definition) is 7. The maximum atomic E-state index is 14.9. The van der Waals surface area contributed by atoms with E-state index in [4.69, 9.17) is 4.99 Å². The molecule has 1 aliphatic heterocycles. The van der Waals surface area contributed by atoms with Crippen LogP contribution in [0.2, 0.25) is 0 Å². The number of benzene rings is 2. The number of hydrogen-bond donors (Lipinski definition) is 5. The lowest BCUT2D eigenvalue weighted by Crippen LogP contribution is -2.48. The van der Waals surface area contributed by atoms with Crippen LogP contribution < -0.4 is 21.5 Å². The third kappa shape index (κ3) is 5.47. The van der Waals surface area contributed by atoms with Crippen molar-refractivity contribution in [1.29, 1.82) is 0 Å². The third-order valence-electron chi connectivity index (χ3n) is 6.88. The van der Waals surface area contributed by atoms with E-state index in [0.717, 1.165) is 35.1 Å². The normalized spacial score (nSPS) is 16.5. The molecule has 1 amide bonds. The number of anilines is 1. The van der Waals surface area contributed by atoms with Crippen molar-refractivity contribution in [3.05, 3.63) is 92.8 Å². The lowest BCUT2D eigenvalue weighted by Gasteiger charge is -2.31. The van der Waals surface area contributed by atoms with Crippen molar-refractivity contribution in [2.75, 3.05) is 25.1 Å². The minimum Gasteiger partial charge on any atom is -0.395 e. The highest BCUT2D eigenvalue weighted by Gasteiger charge is 2.29. The molecule has 3 aromatic rings. The fraction of sp³-hybridized carbons (Fsp3) is 0.321. The highest BCUT2D eigenvalue weighted by atomic mass is 19.1. The number of halogens is 2. The first kappa shape index (κ1) is 26.7. The van der Waals surface area contributed by atoms with Crippen LogP contribution in [0, 0.1) is 24.5 Å². The number of carbonyl (C=O) groups is 1. The average Bonchev–Trinajstić information content (AvgIpc) is 3.76. The first-order valence-corrected chi connectivity index (χ1v) is 12.7. The number of carbonyl (C=O) groups excluding carboxylic acids is 1. The summed E-state index contributed by atoms with van der Waals surface area (Å²) in [5.74, 6) is -1.53. The largest absolute Gasteiger partial charge is 0.395 e. The van der Waals surface area contributed by atoms with Gasteiger partial charge in [-0.3, -0.25) is 19.5 Å². The van der Waals surface area contributed by atoms with E-state index in [0.29, 0.717) is 34.9 Å². The molecule has 1 aromatic heterocycles. The second-order valence-corrected chi connectivity index (χ2v) is 9.78. The lowest BCUT2D eigenvalue weighted by atomic mass is 9.95. The number of aromatic nitrogens is 1. The van der Waals surface area contributed by atoms with Crippen molar-refractivity contribution in [2.45, 2.75) is 32.1 Å². The Morgan fingerprint density at radius 1 is 1.10 bits per heavy atom. The Hall–Kier alpha value is -3.93. The second kappa shape index (κ2) is 11.0. The molecule has 2 aromatic carbocycles. The van der Waals surface area contributed by atoms with E-state index in [-0.39, 0.29) is 11.7 Å². The van der Waals surface area contributed by atoms with Crippen molar-refractivity contribution in [3.63, 3.8) is 0 Å². The molecule has 1 unspecified atom stereocenters. The Morgan fingerprint density at radius 3 is 2.49 bits per heavy atom. The number of pyridine rings is 1. The number of amides is 1. The Balaban J connectivity index is 1.66. The van der Waals surface area contributed by atoms with Crippen molar-refractivity contribution in [2.24, 2.45) is 10.9 Å². The zero-order valence-corrected chi connectivity index (χ0v) is 21.2. The molecule has 0 spiro atoms. The van der Waals surface area contributed by atoms with Gasteiger partial charge >= 0.3 is 0 Å². The highest BCUT2D eigenvalue weighted by molar-refractivity contribution is 6.18. The molecule has 0 bridgehead atoms. The van der Waals surface area contributed by atoms with Gasteiger partial charge < -0.3 is 20.8 Å². The lowest BCUT2D eigenvalue weighted by molar-refractivity contribution is 0.0951. The van der Waals surface area contributed by atoms with Gasteiger partial charge in [0.05, 0.1) is 25.0 Å². The standard InChI is InChI=1S/C28H29F2N5O4/c1-15-5-8-17(27(39)31-12-16-6-7-16)11-20(15)24-19-9-10-23(38)35(25-21(29)3-2-4-22(25)30)26(19)34-28(33-24)32-18(13-36)14-37/h2-5,8-11,16,18,28,32,34,36-37H,6-7,12-14H2,1H3,(H,31,39). The van der Waals surface area contributed by atoms with E-state index in [1.807, 2.05) is 6.92 Å². The van der Waals surface area contributed by atoms with E-state index < -0.39 is 48.4 Å². The molecule has 2 aliphatic rings. The zero-order chi connectivity index (χ0) is 27.7. The third-order valence-corrected chi connectivity index (χ3v) is 6.88. The molecule has 1 fully saturated rings. The van der Waals surface area contributed by atoms with E-state index >= 15 is 0 Å². The number of fused-ring (bicyclic) bond motifs is 1. The summed E-state index contributed by atoms with van der Waals surface area (Å²) in [5.41, 5.74) is 1.26. The van der Waals surface area contributed by atoms with E-state index in [1.54, 1.807) is 18.2 Å². The maximum absolute atomic E-state index is 14.9. The van der Waals surface area contributed by atoms with Crippen LogP contribution in [-0.4, -0.2) is 58.5 Å². The predicted molar refractivity (Wildman–Crippen MR) is 142 cm³/mol. The number of aryl methyl sites for hydroxylation is 1. The number of aliphatic imine (C=N–C) groups is 1. The van der Waals surface area contributed by atoms with Crippen LogP contribution in [0.15, 0.2) is 58.3 Å². The molecule has 9 nitrogen and oxygen atoms in total. The SMILES string of the molecule is Cc1ccc(C(=O)NCC2CC2)cc1C1=NC(NC(CO)CO)Nc2c1ccc(=O)n2-c1c(F)cccc1F. The fourth-order valence-corrected chi connectivity index (χ4v) is 4.52. The number of aliphatic hydroxyl groups excluding tert-OH is 2. The van der Waals surface area contributed by atoms with Crippen LogP contribution in [0.4, 0.5) is 14.6 Å². The quantitative estimate of drug-likeness (QED) is 0.284. The summed E-state index contributed by atoms with van der Waals surface area (Å²) in [5, 5.41) is 28.1.